The van der Waals surface area contributed by atoms with E-state index in [1.54, 1.807) is 0 Å². The number of ether oxygens (including phenoxy) is 1. The third-order valence-electron chi connectivity index (χ3n) is 2.33. The zero-order valence-corrected chi connectivity index (χ0v) is 10.0. The average Bonchev–Trinajstić information content (AvgIpc) is 2.32. The molecule has 0 aliphatic heterocycles. The molecule has 8 heteroatoms. The van der Waals surface area contributed by atoms with Gasteiger partial charge in [0.25, 0.3) is 0 Å². The predicted octanol–water partition coefficient (Wildman–Crippen LogP) is 4.24. The summed E-state index contributed by atoms with van der Waals surface area (Å²) < 4.78 is 78.2. The van der Waals surface area contributed by atoms with Crippen LogP contribution in [-0.2, 0) is 6.18 Å². The molecule has 0 heterocycles. The second-order valence-corrected chi connectivity index (χ2v) is 3.93. The lowest BCUT2D eigenvalue weighted by molar-refractivity contribution is -0.138. The van der Waals surface area contributed by atoms with Gasteiger partial charge in [0.05, 0.1) is 12.2 Å². The zero-order valence-electron chi connectivity index (χ0n) is 10.0. The molecule has 2 nitrogen and oxygen atoms in total. The molecule has 0 spiro atoms. The van der Waals surface area contributed by atoms with Gasteiger partial charge in [0, 0.05) is 12.0 Å². The second-order valence-electron chi connectivity index (χ2n) is 3.93. The van der Waals surface area contributed by atoms with Crippen molar-refractivity contribution in [2.75, 3.05) is 6.61 Å². The Bertz CT molecular complexity index is 464. The van der Waals surface area contributed by atoms with Gasteiger partial charge in [-0.2, -0.15) is 26.3 Å². The smallest absolute Gasteiger partial charge is 0.417 e. The minimum atomic E-state index is -4.73. The molecule has 0 saturated carbocycles. The Morgan fingerprint density at radius 1 is 1.10 bits per heavy atom. The van der Waals surface area contributed by atoms with Crippen molar-refractivity contribution in [1.82, 2.24) is 0 Å². The van der Waals surface area contributed by atoms with Crippen molar-refractivity contribution in [2.45, 2.75) is 25.2 Å². The first-order chi connectivity index (χ1) is 9.13. The van der Waals surface area contributed by atoms with Gasteiger partial charge in [-0.3, -0.25) is 4.79 Å². The number of rotatable bonds is 5. The maximum atomic E-state index is 12.6. The summed E-state index contributed by atoms with van der Waals surface area (Å²) in [5, 5.41) is 0. The van der Waals surface area contributed by atoms with Crippen molar-refractivity contribution in [1.29, 1.82) is 0 Å². The number of alkyl halides is 6. The molecule has 112 valence electrons. The van der Waals surface area contributed by atoms with Crippen LogP contribution in [0.25, 0.3) is 0 Å². The van der Waals surface area contributed by atoms with Gasteiger partial charge in [0.1, 0.15) is 5.75 Å². The second kappa shape index (κ2) is 6.15. The van der Waals surface area contributed by atoms with Crippen LogP contribution >= 0.6 is 0 Å². The Morgan fingerprint density at radius 3 is 2.25 bits per heavy atom. The van der Waals surface area contributed by atoms with Crippen LogP contribution in [0, 0.1) is 0 Å². The van der Waals surface area contributed by atoms with Crippen molar-refractivity contribution in [3.63, 3.8) is 0 Å². The van der Waals surface area contributed by atoms with Crippen LogP contribution in [0.1, 0.15) is 28.8 Å². The fourth-order valence-corrected chi connectivity index (χ4v) is 1.44. The normalized spacial score (nSPS) is 12.3. The van der Waals surface area contributed by atoms with Gasteiger partial charge in [-0.05, 0) is 24.6 Å². The minimum Gasteiger partial charge on any atom is -0.494 e. The van der Waals surface area contributed by atoms with Crippen LogP contribution in [0.3, 0.4) is 0 Å². The van der Waals surface area contributed by atoms with Crippen LogP contribution in [0.15, 0.2) is 18.2 Å². The number of hydrogen-bond acceptors (Lipinski definition) is 2. The molecular weight excluding hydrogens is 290 g/mol. The fraction of sp³-hybridized carbons (Fsp3) is 0.417. The molecule has 1 rings (SSSR count). The molecule has 1 aromatic rings. The largest absolute Gasteiger partial charge is 0.494 e. The lowest BCUT2D eigenvalue weighted by atomic mass is 10.1. The summed E-state index contributed by atoms with van der Waals surface area (Å²) >= 11 is 0. The number of benzene rings is 1. The van der Waals surface area contributed by atoms with Crippen LogP contribution in [-0.4, -0.2) is 19.1 Å². The molecular formula is C12H10F6O2. The molecule has 1 aromatic carbocycles. The van der Waals surface area contributed by atoms with E-state index in [1.165, 1.54) is 0 Å². The summed E-state index contributed by atoms with van der Waals surface area (Å²) in [6, 6.07) is 2.61. The van der Waals surface area contributed by atoms with Gasteiger partial charge in [-0.1, -0.05) is 0 Å². The number of aldehydes is 1. The molecule has 0 aliphatic carbocycles. The lowest BCUT2D eigenvalue weighted by Gasteiger charge is -2.12. The van der Waals surface area contributed by atoms with Gasteiger partial charge in [0.15, 0.2) is 6.29 Å². The third kappa shape index (κ3) is 5.10. The molecule has 0 bridgehead atoms. The molecule has 0 fully saturated rings. The molecule has 0 unspecified atom stereocenters. The Morgan fingerprint density at radius 2 is 1.75 bits per heavy atom. The standard InChI is InChI=1S/C12H10F6O2/c13-11(14,15)4-1-5-20-9-3-2-8(7-19)10(6-9)12(16,17)18/h2-3,6-7H,1,4-5H2. The quantitative estimate of drug-likeness (QED) is 0.462. The van der Waals surface area contributed by atoms with E-state index in [1.807, 2.05) is 0 Å². The molecule has 0 radical (unpaired) electrons. The maximum Gasteiger partial charge on any atom is 0.417 e. The summed E-state index contributed by atoms with van der Waals surface area (Å²) in [5.41, 5.74) is -1.74. The molecule has 0 N–H and O–H groups in total. The topological polar surface area (TPSA) is 26.3 Å². The highest BCUT2D eigenvalue weighted by Gasteiger charge is 2.33. The molecule has 0 saturated heterocycles. The summed E-state index contributed by atoms with van der Waals surface area (Å²) in [4.78, 5) is 10.5. The molecule has 0 aliphatic rings. The van der Waals surface area contributed by atoms with Crippen LogP contribution in [0.2, 0.25) is 0 Å². The summed E-state index contributed by atoms with van der Waals surface area (Å²) in [5.74, 6) is -0.231. The van der Waals surface area contributed by atoms with Crippen molar-refractivity contribution >= 4 is 6.29 Å². The van der Waals surface area contributed by atoms with Crippen molar-refractivity contribution in [3.8, 4) is 5.75 Å². The first-order valence-electron chi connectivity index (χ1n) is 5.49. The Labute approximate surface area is 110 Å². The molecule has 0 amide bonds. The first-order valence-corrected chi connectivity index (χ1v) is 5.49. The maximum absolute atomic E-state index is 12.6. The van der Waals surface area contributed by atoms with E-state index in [9.17, 15) is 31.1 Å². The van der Waals surface area contributed by atoms with Gasteiger partial charge in [0.2, 0.25) is 0 Å². The van der Waals surface area contributed by atoms with Crippen molar-refractivity contribution in [2.24, 2.45) is 0 Å². The predicted molar refractivity (Wildman–Crippen MR) is 57.6 cm³/mol. The Balaban J connectivity index is 2.71. The minimum absolute atomic E-state index is 0.0518. The van der Waals surface area contributed by atoms with E-state index >= 15 is 0 Å². The molecule has 0 atom stereocenters. The Kier molecular flexibility index (Phi) is 5.02. The number of hydrogen-bond donors (Lipinski definition) is 0. The van der Waals surface area contributed by atoms with Gasteiger partial charge in [-0.15, -0.1) is 0 Å². The SMILES string of the molecule is O=Cc1ccc(OCCCC(F)(F)F)cc1C(F)(F)F. The lowest BCUT2D eigenvalue weighted by Crippen LogP contribution is -2.11. The van der Waals surface area contributed by atoms with Crippen LogP contribution < -0.4 is 4.74 Å². The van der Waals surface area contributed by atoms with E-state index in [0.29, 0.717) is 6.07 Å². The summed E-state index contributed by atoms with van der Waals surface area (Å²) in [6.45, 7) is -0.364. The highest BCUT2D eigenvalue weighted by atomic mass is 19.4. The van der Waals surface area contributed by atoms with Gasteiger partial charge < -0.3 is 4.74 Å². The van der Waals surface area contributed by atoms with E-state index in [4.69, 9.17) is 4.74 Å². The van der Waals surface area contributed by atoms with E-state index < -0.39 is 29.9 Å². The van der Waals surface area contributed by atoms with Crippen molar-refractivity contribution < 1.29 is 35.9 Å². The highest BCUT2D eigenvalue weighted by Crippen LogP contribution is 2.34. The third-order valence-corrected chi connectivity index (χ3v) is 2.33. The van der Waals surface area contributed by atoms with E-state index in [0.717, 1.165) is 12.1 Å². The number of carbonyl (C=O) groups is 1. The Hall–Kier alpha value is -1.73. The summed E-state index contributed by atoms with van der Waals surface area (Å²) in [6.07, 6.45) is -10.5. The van der Waals surface area contributed by atoms with Gasteiger partial charge in [-0.25, -0.2) is 0 Å². The van der Waals surface area contributed by atoms with E-state index in [2.05, 4.69) is 0 Å². The number of halogens is 6. The van der Waals surface area contributed by atoms with Crippen LogP contribution in [0.4, 0.5) is 26.3 Å². The van der Waals surface area contributed by atoms with Crippen LogP contribution in [0.5, 0.6) is 5.75 Å². The highest BCUT2D eigenvalue weighted by molar-refractivity contribution is 5.78. The monoisotopic (exact) mass is 300 g/mol. The average molecular weight is 300 g/mol. The molecule has 0 aromatic heterocycles. The summed E-state index contributed by atoms with van der Waals surface area (Å²) in [7, 11) is 0. The zero-order chi connectivity index (χ0) is 15.4. The van der Waals surface area contributed by atoms with E-state index in [-0.39, 0.29) is 25.1 Å². The first kappa shape index (κ1) is 16.3. The van der Waals surface area contributed by atoms with Gasteiger partial charge >= 0.3 is 12.4 Å². The fourth-order valence-electron chi connectivity index (χ4n) is 1.44. The molecule has 20 heavy (non-hydrogen) atoms. The van der Waals surface area contributed by atoms with Crippen molar-refractivity contribution in [3.05, 3.63) is 29.3 Å². The number of carbonyl (C=O) groups excluding carboxylic acids is 1.